The molecular weight excluding hydrogens is 226 g/mol. The second-order valence-corrected chi connectivity index (χ2v) is 4.03. The first-order valence-corrected chi connectivity index (χ1v) is 5.31. The molecule has 0 spiro atoms. The summed E-state index contributed by atoms with van der Waals surface area (Å²) in [5, 5.41) is 2.79. The van der Waals surface area contributed by atoms with E-state index in [9.17, 15) is 13.6 Å². The minimum Gasteiger partial charge on any atom is -0.348 e. The molecule has 1 aromatic rings. The van der Waals surface area contributed by atoms with Gasteiger partial charge in [0.2, 0.25) is 5.91 Å². The van der Waals surface area contributed by atoms with Crippen molar-refractivity contribution in [3.63, 3.8) is 0 Å². The quantitative estimate of drug-likeness (QED) is 0.871. The van der Waals surface area contributed by atoms with Crippen molar-refractivity contribution < 1.29 is 13.6 Å². The molecule has 1 unspecified atom stereocenters. The highest BCUT2D eigenvalue weighted by atomic mass is 19.1. The van der Waals surface area contributed by atoms with Gasteiger partial charge in [-0.15, -0.1) is 0 Å². The van der Waals surface area contributed by atoms with E-state index >= 15 is 0 Å². The molecule has 94 valence electrons. The lowest BCUT2D eigenvalue weighted by Gasteiger charge is -2.17. The van der Waals surface area contributed by atoms with Crippen molar-refractivity contribution in [3.8, 4) is 0 Å². The topological polar surface area (TPSA) is 32.3 Å². The third-order valence-corrected chi connectivity index (χ3v) is 2.49. The minimum atomic E-state index is -0.609. The van der Waals surface area contributed by atoms with E-state index in [0.29, 0.717) is 0 Å². The molecule has 0 saturated carbocycles. The molecule has 1 amide bonds. The number of carbonyl (C=O) groups excluding carboxylic acids is 1. The third-order valence-electron chi connectivity index (χ3n) is 2.49. The van der Waals surface area contributed by atoms with Crippen LogP contribution >= 0.6 is 0 Å². The zero-order valence-electron chi connectivity index (χ0n) is 10.1. The van der Waals surface area contributed by atoms with Gasteiger partial charge in [0.15, 0.2) is 0 Å². The van der Waals surface area contributed by atoms with Crippen LogP contribution in [0.2, 0.25) is 0 Å². The van der Waals surface area contributed by atoms with Crippen molar-refractivity contribution in [2.24, 2.45) is 0 Å². The number of rotatable bonds is 4. The van der Waals surface area contributed by atoms with Crippen LogP contribution in [0.5, 0.6) is 0 Å². The highest BCUT2D eigenvalue weighted by molar-refractivity contribution is 5.77. The summed E-state index contributed by atoms with van der Waals surface area (Å²) in [6, 6.07) is 3.15. The molecule has 0 heterocycles. The highest BCUT2D eigenvalue weighted by Gasteiger charge is 2.16. The van der Waals surface area contributed by atoms with Gasteiger partial charge in [0.1, 0.15) is 11.6 Å². The summed E-state index contributed by atoms with van der Waals surface area (Å²) in [7, 11) is 3.25. The van der Waals surface area contributed by atoms with E-state index in [1.54, 1.807) is 21.0 Å². The molecule has 0 radical (unpaired) electrons. The summed E-state index contributed by atoms with van der Waals surface area (Å²) in [5.74, 6) is -1.36. The van der Waals surface area contributed by atoms with Gasteiger partial charge in [-0.25, -0.2) is 8.78 Å². The first-order chi connectivity index (χ1) is 7.93. The van der Waals surface area contributed by atoms with E-state index in [4.69, 9.17) is 0 Å². The molecule has 0 aliphatic heterocycles. The van der Waals surface area contributed by atoms with Crippen LogP contribution in [-0.4, -0.2) is 31.4 Å². The molecule has 0 aliphatic rings. The molecule has 17 heavy (non-hydrogen) atoms. The van der Waals surface area contributed by atoms with E-state index in [1.807, 2.05) is 0 Å². The maximum atomic E-state index is 13.4. The third kappa shape index (κ3) is 3.49. The molecule has 3 nitrogen and oxygen atoms in total. The fourth-order valence-electron chi connectivity index (χ4n) is 1.42. The number of benzene rings is 1. The first-order valence-electron chi connectivity index (χ1n) is 5.31. The number of hydrogen-bond donors (Lipinski definition) is 1. The molecule has 0 aromatic heterocycles. The smallest absolute Gasteiger partial charge is 0.236 e. The van der Waals surface area contributed by atoms with Gasteiger partial charge in [0.25, 0.3) is 0 Å². The molecular formula is C12H16F2N2O. The highest BCUT2D eigenvalue weighted by Crippen LogP contribution is 2.19. The molecule has 1 rings (SSSR count). The monoisotopic (exact) mass is 242 g/mol. The largest absolute Gasteiger partial charge is 0.348 e. The van der Waals surface area contributed by atoms with Crippen LogP contribution in [0.25, 0.3) is 0 Å². The molecule has 5 heteroatoms. The number of hydrogen-bond acceptors (Lipinski definition) is 2. The Hall–Kier alpha value is -1.49. The van der Waals surface area contributed by atoms with Gasteiger partial charge < -0.3 is 10.2 Å². The Morgan fingerprint density at radius 2 is 1.88 bits per heavy atom. The van der Waals surface area contributed by atoms with Gasteiger partial charge in [0, 0.05) is 25.7 Å². The molecule has 1 atom stereocenters. The number of amides is 1. The van der Waals surface area contributed by atoms with Gasteiger partial charge in [-0.05, 0) is 19.1 Å². The summed E-state index contributed by atoms with van der Waals surface area (Å²) in [4.78, 5) is 12.7. The zero-order chi connectivity index (χ0) is 13.0. The number of carbonyl (C=O) groups is 1. The van der Waals surface area contributed by atoms with E-state index in [0.717, 1.165) is 0 Å². The van der Waals surface area contributed by atoms with E-state index in [2.05, 4.69) is 5.32 Å². The van der Waals surface area contributed by atoms with Gasteiger partial charge in [-0.1, -0.05) is 6.07 Å². The summed E-state index contributed by atoms with van der Waals surface area (Å²) in [5.41, 5.74) is -0.0425. The van der Waals surface area contributed by atoms with Crippen LogP contribution in [0.1, 0.15) is 18.5 Å². The van der Waals surface area contributed by atoms with Crippen molar-refractivity contribution >= 4 is 5.91 Å². The Kier molecular flexibility index (Phi) is 4.57. The van der Waals surface area contributed by atoms with Crippen LogP contribution in [0.3, 0.4) is 0 Å². The number of likely N-dealkylation sites (N-methyl/N-ethyl adjacent to an activating group) is 1. The average Bonchev–Trinajstić information content (AvgIpc) is 2.25. The maximum Gasteiger partial charge on any atom is 0.236 e. The van der Waals surface area contributed by atoms with Gasteiger partial charge in [-0.3, -0.25) is 4.79 Å². The molecule has 0 fully saturated rings. The normalized spacial score (nSPS) is 12.3. The molecule has 1 aromatic carbocycles. The lowest BCUT2D eigenvalue weighted by molar-refractivity contribution is -0.127. The Bertz CT molecular complexity index is 387. The minimum absolute atomic E-state index is 0.0425. The predicted molar refractivity (Wildman–Crippen MR) is 61.5 cm³/mol. The van der Waals surface area contributed by atoms with Crippen molar-refractivity contribution in [1.82, 2.24) is 10.2 Å². The van der Waals surface area contributed by atoms with Crippen LogP contribution in [0.4, 0.5) is 8.78 Å². The van der Waals surface area contributed by atoms with Crippen LogP contribution in [0, 0.1) is 11.6 Å². The zero-order valence-corrected chi connectivity index (χ0v) is 10.1. The lowest BCUT2D eigenvalue weighted by atomic mass is 10.1. The lowest BCUT2D eigenvalue weighted by Crippen LogP contribution is -2.34. The van der Waals surface area contributed by atoms with Gasteiger partial charge in [0.05, 0.1) is 6.54 Å². The average molecular weight is 242 g/mol. The fourth-order valence-corrected chi connectivity index (χ4v) is 1.42. The second-order valence-electron chi connectivity index (χ2n) is 4.03. The molecule has 0 saturated heterocycles. The van der Waals surface area contributed by atoms with Gasteiger partial charge >= 0.3 is 0 Å². The van der Waals surface area contributed by atoms with Crippen LogP contribution in [-0.2, 0) is 4.79 Å². The van der Waals surface area contributed by atoms with E-state index in [1.165, 1.54) is 23.1 Å². The number of nitrogens with one attached hydrogen (secondary N) is 1. The second kappa shape index (κ2) is 5.72. The van der Waals surface area contributed by atoms with Gasteiger partial charge in [-0.2, -0.15) is 0 Å². The SMILES string of the molecule is CC(NCC(=O)N(C)C)c1c(F)cccc1F. The number of halogens is 2. The predicted octanol–water partition coefficient (Wildman–Crippen LogP) is 1.70. The Balaban J connectivity index is 2.70. The summed E-state index contributed by atoms with van der Waals surface area (Å²) >= 11 is 0. The molecule has 0 aliphatic carbocycles. The fraction of sp³-hybridized carbons (Fsp3) is 0.417. The summed E-state index contributed by atoms with van der Waals surface area (Å²) < 4.78 is 26.8. The maximum absolute atomic E-state index is 13.4. The standard InChI is InChI=1S/C12H16F2N2O/c1-8(15-7-11(17)16(2)3)12-9(13)5-4-6-10(12)14/h4-6,8,15H,7H2,1-3H3. The first kappa shape index (κ1) is 13.6. The Labute approximate surface area is 99.4 Å². The number of nitrogens with zero attached hydrogens (tertiary/aromatic N) is 1. The van der Waals surface area contributed by atoms with Crippen molar-refractivity contribution in [2.75, 3.05) is 20.6 Å². The van der Waals surface area contributed by atoms with Crippen molar-refractivity contribution in [2.45, 2.75) is 13.0 Å². The van der Waals surface area contributed by atoms with Crippen LogP contribution < -0.4 is 5.32 Å². The summed E-state index contributed by atoms with van der Waals surface area (Å²) in [6.45, 7) is 1.66. The van der Waals surface area contributed by atoms with E-state index < -0.39 is 17.7 Å². The van der Waals surface area contributed by atoms with Crippen molar-refractivity contribution in [1.29, 1.82) is 0 Å². The Morgan fingerprint density at radius 3 is 2.35 bits per heavy atom. The molecule has 1 N–H and O–H groups in total. The van der Waals surface area contributed by atoms with Crippen molar-refractivity contribution in [3.05, 3.63) is 35.4 Å². The summed E-state index contributed by atoms with van der Waals surface area (Å²) in [6.07, 6.45) is 0. The Morgan fingerprint density at radius 1 is 1.35 bits per heavy atom. The van der Waals surface area contributed by atoms with E-state index in [-0.39, 0.29) is 18.0 Å². The molecule has 0 bridgehead atoms. The van der Waals surface area contributed by atoms with Crippen LogP contribution in [0.15, 0.2) is 18.2 Å².